The zero-order chi connectivity index (χ0) is 20.3. The van der Waals surface area contributed by atoms with Crippen molar-refractivity contribution in [2.45, 2.75) is 11.4 Å². The summed E-state index contributed by atoms with van der Waals surface area (Å²) in [5.74, 6) is 5.04. The first-order valence-corrected chi connectivity index (χ1v) is 9.55. The number of sulfonamides is 1. The Bertz CT molecular complexity index is 1060. The highest BCUT2D eigenvalue weighted by Gasteiger charge is 2.25. The van der Waals surface area contributed by atoms with Gasteiger partial charge >= 0.3 is 0 Å². The Balaban J connectivity index is 1.91. The summed E-state index contributed by atoms with van der Waals surface area (Å²) in [4.78, 5) is -0.532. The molecule has 0 fully saturated rings. The van der Waals surface area contributed by atoms with Crippen LogP contribution in [0, 0.1) is 5.82 Å². The molecule has 0 amide bonds. The Morgan fingerprint density at radius 1 is 1.32 bits per heavy atom. The molecule has 28 heavy (non-hydrogen) atoms. The van der Waals surface area contributed by atoms with Crippen LogP contribution in [0.1, 0.15) is 0 Å². The van der Waals surface area contributed by atoms with Crippen molar-refractivity contribution in [3.8, 4) is 0 Å². The fourth-order valence-corrected chi connectivity index (χ4v) is 3.73. The van der Waals surface area contributed by atoms with Gasteiger partial charge in [-0.25, -0.2) is 18.7 Å². The van der Waals surface area contributed by atoms with E-state index in [-0.39, 0.29) is 17.3 Å². The van der Waals surface area contributed by atoms with E-state index in [1.165, 1.54) is 19.2 Å². The van der Waals surface area contributed by atoms with Crippen LogP contribution >= 0.6 is 0 Å². The van der Waals surface area contributed by atoms with Gasteiger partial charge in [0.25, 0.3) is 10.0 Å². The largest absolute Gasteiger partial charge is 0.494 e. The summed E-state index contributed by atoms with van der Waals surface area (Å²) in [6, 6.07) is 6.74. The van der Waals surface area contributed by atoms with Crippen molar-refractivity contribution in [3.05, 3.63) is 83.7 Å². The summed E-state index contributed by atoms with van der Waals surface area (Å²) < 4.78 is 47.9. The Kier molecular flexibility index (Phi) is 5.38. The third-order valence-corrected chi connectivity index (χ3v) is 5.26. The summed E-state index contributed by atoms with van der Waals surface area (Å²) in [5.41, 5.74) is 6.77. The van der Waals surface area contributed by atoms with Crippen LogP contribution in [0.25, 0.3) is 0 Å². The first-order chi connectivity index (χ1) is 13.3. The van der Waals surface area contributed by atoms with E-state index in [4.69, 9.17) is 16.3 Å². The van der Waals surface area contributed by atoms with Gasteiger partial charge in [-0.3, -0.25) is 14.4 Å². The number of nitrogens with zero attached hydrogens (tertiary/aromatic N) is 3. The molecule has 0 saturated heterocycles. The van der Waals surface area contributed by atoms with E-state index < -0.39 is 20.7 Å². The van der Waals surface area contributed by atoms with E-state index in [9.17, 15) is 12.8 Å². The summed E-state index contributed by atoms with van der Waals surface area (Å²) in [6.45, 7) is 0.418. The third-order valence-electron chi connectivity index (χ3n) is 3.86. The summed E-state index contributed by atoms with van der Waals surface area (Å²) in [5, 5.41) is 5.25. The lowest BCUT2D eigenvalue weighted by molar-refractivity contribution is 0.270. The predicted molar refractivity (Wildman–Crippen MR) is 99.4 cm³/mol. The monoisotopic (exact) mass is 406 g/mol. The summed E-state index contributed by atoms with van der Waals surface area (Å²) >= 11 is 0. The van der Waals surface area contributed by atoms with Gasteiger partial charge in [0.05, 0.1) is 13.7 Å². The van der Waals surface area contributed by atoms with Gasteiger partial charge in [-0.2, -0.15) is 5.10 Å². The minimum absolute atomic E-state index is 0.0895. The molecule has 3 rings (SSSR count). The summed E-state index contributed by atoms with van der Waals surface area (Å²) in [6.07, 6.45) is 6.64. The lowest BCUT2D eigenvalue weighted by Crippen LogP contribution is -2.37. The topological polar surface area (TPSA) is 128 Å². The number of allylic oxidation sites excluding steroid dienone is 2. The van der Waals surface area contributed by atoms with Crippen molar-refractivity contribution in [1.29, 1.82) is 0 Å². The molecule has 0 spiro atoms. The van der Waals surface area contributed by atoms with Gasteiger partial charge in [-0.05, 0) is 29.8 Å². The second kappa shape index (κ2) is 7.74. The van der Waals surface area contributed by atoms with Crippen molar-refractivity contribution in [3.63, 3.8) is 0 Å². The minimum atomic E-state index is -4.26. The van der Waals surface area contributed by atoms with E-state index >= 15 is 0 Å². The number of methoxy groups -OCH3 is 1. The molecule has 5 N–H and O–H groups in total. The normalized spacial score (nSPS) is 16.3. The van der Waals surface area contributed by atoms with E-state index in [0.29, 0.717) is 6.54 Å². The van der Waals surface area contributed by atoms with Gasteiger partial charge in [0.1, 0.15) is 28.0 Å². The van der Waals surface area contributed by atoms with Crippen LogP contribution in [0.15, 0.2) is 82.7 Å². The zero-order valence-electron chi connectivity index (χ0n) is 14.9. The highest BCUT2D eigenvalue weighted by Crippen LogP contribution is 2.24. The van der Waals surface area contributed by atoms with Crippen LogP contribution in [0.4, 0.5) is 4.39 Å². The van der Waals surface area contributed by atoms with Crippen LogP contribution < -0.4 is 16.3 Å². The second-order valence-corrected chi connectivity index (χ2v) is 7.48. The van der Waals surface area contributed by atoms with Crippen LogP contribution in [0.2, 0.25) is 0 Å². The third kappa shape index (κ3) is 4.00. The Morgan fingerprint density at radius 3 is 2.71 bits per heavy atom. The van der Waals surface area contributed by atoms with Gasteiger partial charge in [0, 0.05) is 18.6 Å². The molecule has 0 aliphatic carbocycles. The number of benzene rings is 1. The van der Waals surface area contributed by atoms with Crippen LogP contribution in [-0.4, -0.2) is 30.3 Å². The first-order valence-electron chi connectivity index (χ1n) is 8.07. The summed E-state index contributed by atoms with van der Waals surface area (Å²) in [7, 11) is -2.86. The second-order valence-electron chi connectivity index (χ2n) is 5.83. The van der Waals surface area contributed by atoms with Crippen molar-refractivity contribution in [2.75, 3.05) is 7.11 Å². The van der Waals surface area contributed by atoms with Crippen molar-refractivity contribution in [2.24, 2.45) is 11.6 Å². The molecule has 0 radical (unpaired) electrons. The van der Waals surface area contributed by atoms with Crippen molar-refractivity contribution < 1.29 is 17.5 Å². The number of aromatic nitrogens is 2. The van der Waals surface area contributed by atoms with Crippen LogP contribution in [-0.2, 0) is 21.3 Å². The van der Waals surface area contributed by atoms with Gasteiger partial charge in [-0.15, -0.1) is 0 Å². The quantitative estimate of drug-likeness (QED) is 0.603. The maximum Gasteiger partial charge on any atom is 0.265 e. The Morgan fingerprint density at radius 2 is 2.07 bits per heavy atom. The molecule has 0 atom stereocenters. The molecule has 9 nitrogen and oxygen atoms in total. The molecule has 2 heterocycles. The predicted octanol–water partition coefficient (Wildman–Crippen LogP) is 0.732. The van der Waals surface area contributed by atoms with E-state index in [2.05, 4.69) is 9.82 Å². The first kappa shape index (κ1) is 19.5. The van der Waals surface area contributed by atoms with Crippen LogP contribution in [0.5, 0.6) is 0 Å². The standard InChI is InChI=1S/C17H19FN6O3S/c1-27-14-9-12(10-23-8-4-7-21-23)11-24(20)16(14)17(19)22-28(25,26)15-6-3-2-5-13(15)18/h2-9,11,22H,10,19-20H2,1H3/b17-16+. The molecular weight excluding hydrogens is 387 g/mol. The Hall–Kier alpha value is -3.31. The lowest BCUT2D eigenvalue weighted by atomic mass is 10.1. The zero-order valence-corrected chi connectivity index (χ0v) is 15.7. The molecule has 1 aliphatic heterocycles. The average molecular weight is 406 g/mol. The van der Waals surface area contributed by atoms with Gasteiger partial charge < -0.3 is 10.5 Å². The van der Waals surface area contributed by atoms with Gasteiger partial charge in [-0.1, -0.05) is 12.1 Å². The number of halogens is 1. The van der Waals surface area contributed by atoms with Crippen molar-refractivity contribution >= 4 is 10.0 Å². The number of rotatable bonds is 6. The fourth-order valence-electron chi connectivity index (χ4n) is 2.65. The van der Waals surface area contributed by atoms with E-state index in [0.717, 1.165) is 22.7 Å². The molecule has 0 unspecified atom stereocenters. The van der Waals surface area contributed by atoms with Gasteiger partial charge in [0.2, 0.25) is 0 Å². The molecule has 0 bridgehead atoms. The number of hydrogen-bond donors (Lipinski definition) is 3. The highest BCUT2D eigenvalue weighted by atomic mass is 32.2. The van der Waals surface area contributed by atoms with E-state index in [1.54, 1.807) is 35.4 Å². The number of nitrogens with one attached hydrogen (secondary N) is 1. The lowest BCUT2D eigenvalue weighted by Gasteiger charge is -2.27. The maximum absolute atomic E-state index is 13.9. The molecule has 148 valence electrons. The molecule has 0 saturated carbocycles. The van der Waals surface area contributed by atoms with Gasteiger partial charge in [0.15, 0.2) is 0 Å². The molecule has 1 aliphatic rings. The highest BCUT2D eigenvalue weighted by molar-refractivity contribution is 7.89. The smallest absolute Gasteiger partial charge is 0.265 e. The molecular formula is C17H19FN6O3S. The minimum Gasteiger partial charge on any atom is -0.494 e. The number of hydrazine groups is 1. The number of nitrogens with two attached hydrogens (primary N) is 2. The van der Waals surface area contributed by atoms with Crippen molar-refractivity contribution in [1.82, 2.24) is 19.5 Å². The SMILES string of the molecule is COC1=CC(Cn2cccn2)=CN(N)/C1=C(\N)NS(=O)(=O)c1ccccc1F. The number of ether oxygens (including phenoxy) is 1. The average Bonchev–Trinajstić information content (AvgIpc) is 3.13. The number of hydrogen-bond acceptors (Lipinski definition) is 7. The molecule has 1 aromatic heterocycles. The van der Waals surface area contributed by atoms with E-state index in [1.807, 2.05) is 0 Å². The molecule has 11 heteroatoms. The maximum atomic E-state index is 13.9. The molecule has 2 aromatic rings. The Labute approximate surface area is 161 Å². The van der Waals surface area contributed by atoms with Crippen LogP contribution in [0.3, 0.4) is 0 Å². The molecule has 1 aromatic carbocycles. The fraction of sp³-hybridized carbons (Fsp3) is 0.118.